The van der Waals surface area contributed by atoms with E-state index >= 15 is 0 Å². The Morgan fingerprint density at radius 2 is 0.516 bits per heavy atom. The normalized spacial score (nSPS) is 12.0. The topological polar surface area (TPSA) is 78.9 Å². The highest BCUT2D eigenvalue weighted by Gasteiger charge is 2.19. The van der Waals surface area contributed by atoms with E-state index in [0.717, 1.165) is 57.8 Å². The number of hydrogen-bond acceptors (Lipinski definition) is 6. The summed E-state index contributed by atoms with van der Waals surface area (Å²) >= 11 is 0. The monoisotopic (exact) mass is 903 g/mol. The van der Waals surface area contributed by atoms with Gasteiger partial charge in [0.05, 0.1) is 0 Å². The second-order valence-corrected chi connectivity index (χ2v) is 19.6. The molecule has 0 aliphatic heterocycles. The number of carbonyl (C=O) groups excluding carboxylic acids is 3. The van der Waals surface area contributed by atoms with Crippen LogP contribution in [-0.4, -0.2) is 37.2 Å². The van der Waals surface area contributed by atoms with Gasteiger partial charge in [0.2, 0.25) is 0 Å². The first-order valence-electron chi connectivity index (χ1n) is 28.7. The van der Waals surface area contributed by atoms with Gasteiger partial charge in [0, 0.05) is 19.3 Å². The van der Waals surface area contributed by atoms with Gasteiger partial charge in [-0.3, -0.25) is 14.4 Å². The molecule has 0 aliphatic carbocycles. The van der Waals surface area contributed by atoms with E-state index in [1.54, 1.807) is 0 Å². The van der Waals surface area contributed by atoms with E-state index < -0.39 is 6.10 Å². The van der Waals surface area contributed by atoms with Crippen molar-refractivity contribution in [2.75, 3.05) is 13.2 Å². The molecule has 6 nitrogen and oxygen atoms in total. The van der Waals surface area contributed by atoms with Gasteiger partial charge in [0.25, 0.3) is 0 Å². The quantitative estimate of drug-likeness (QED) is 0.0262. The van der Waals surface area contributed by atoms with Crippen LogP contribution in [0.1, 0.15) is 323 Å². The molecule has 0 aliphatic rings. The number of carbonyl (C=O) groups is 3. The number of esters is 3. The van der Waals surface area contributed by atoms with Gasteiger partial charge in [-0.25, -0.2) is 0 Å². The van der Waals surface area contributed by atoms with Crippen LogP contribution in [0, 0.1) is 0 Å². The molecule has 0 bridgehead atoms. The van der Waals surface area contributed by atoms with Crippen LogP contribution in [0.3, 0.4) is 0 Å². The molecular formula is C58H110O6. The third-order valence-electron chi connectivity index (χ3n) is 13.0. The van der Waals surface area contributed by atoms with Gasteiger partial charge < -0.3 is 14.2 Å². The van der Waals surface area contributed by atoms with Crippen LogP contribution < -0.4 is 0 Å². The lowest BCUT2D eigenvalue weighted by Crippen LogP contribution is -2.30. The van der Waals surface area contributed by atoms with Crippen LogP contribution >= 0.6 is 0 Å². The predicted molar refractivity (Wildman–Crippen MR) is 275 cm³/mol. The zero-order valence-electron chi connectivity index (χ0n) is 43.3. The fraction of sp³-hybridized carbons (Fsp3) is 0.914. The lowest BCUT2D eigenvalue weighted by molar-refractivity contribution is -0.167. The summed E-state index contributed by atoms with van der Waals surface area (Å²) in [5.74, 6) is -0.848. The molecule has 6 heteroatoms. The minimum atomic E-state index is -0.766. The number of hydrogen-bond donors (Lipinski definition) is 0. The zero-order valence-corrected chi connectivity index (χ0v) is 43.3. The Balaban J connectivity index is 4.27. The summed E-state index contributed by atoms with van der Waals surface area (Å²) in [5.41, 5.74) is 0. The largest absolute Gasteiger partial charge is 0.462 e. The van der Waals surface area contributed by atoms with Crippen LogP contribution in [0.2, 0.25) is 0 Å². The van der Waals surface area contributed by atoms with Gasteiger partial charge in [-0.2, -0.15) is 0 Å². The maximum atomic E-state index is 12.8. The van der Waals surface area contributed by atoms with Crippen molar-refractivity contribution in [3.63, 3.8) is 0 Å². The molecule has 0 rings (SSSR count). The Hall–Kier alpha value is -1.85. The van der Waals surface area contributed by atoms with Gasteiger partial charge in [0.1, 0.15) is 13.2 Å². The van der Waals surface area contributed by atoms with Crippen LogP contribution in [0.4, 0.5) is 0 Å². The molecule has 0 N–H and O–H groups in total. The van der Waals surface area contributed by atoms with Crippen LogP contribution in [-0.2, 0) is 28.6 Å². The molecule has 0 radical (unpaired) electrons. The summed E-state index contributed by atoms with van der Waals surface area (Å²) < 4.78 is 16.9. The second-order valence-electron chi connectivity index (χ2n) is 19.6. The zero-order chi connectivity index (χ0) is 46.5. The first-order chi connectivity index (χ1) is 31.5. The van der Waals surface area contributed by atoms with Crippen molar-refractivity contribution >= 4 is 17.9 Å². The van der Waals surface area contributed by atoms with E-state index in [4.69, 9.17) is 14.2 Å². The van der Waals surface area contributed by atoms with Crippen molar-refractivity contribution < 1.29 is 28.6 Å². The van der Waals surface area contributed by atoms with E-state index in [1.807, 2.05) is 0 Å². The van der Waals surface area contributed by atoms with Gasteiger partial charge >= 0.3 is 17.9 Å². The highest BCUT2D eigenvalue weighted by molar-refractivity contribution is 5.71. The predicted octanol–water partition coefficient (Wildman–Crippen LogP) is 18.9. The van der Waals surface area contributed by atoms with Crippen LogP contribution in [0.15, 0.2) is 12.2 Å². The highest BCUT2D eigenvalue weighted by Crippen LogP contribution is 2.17. The number of ether oxygens (including phenoxy) is 3. The number of allylic oxidation sites excluding steroid dienone is 2. The summed E-state index contributed by atoms with van der Waals surface area (Å²) in [6.07, 6.45) is 60.6. The molecule has 0 saturated carbocycles. The summed E-state index contributed by atoms with van der Waals surface area (Å²) in [6.45, 7) is 6.67. The second kappa shape index (κ2) is 53.8. The molecule has 378 valence electrons. The minimum absolute atomic E-state index is 0.0658. The highest BCUT2D eigenvalue weighted by atomic mass is 16.6. The first-order valence-corrected chi connectivity index (χ1v) is 28.7. The molecule has 0 aromatic heterocycles. The summed E-state index contributed by atoms with van der Waals surface area (Å²) in [5, 5.41) is 0. The Bertz CT molecular complexity index is 993. The van der Waals surface area contributed by atoms with Crippen molar-refractivity contribution in [1.82, 2.24) is 0 Å². The molecule has 1 unspecified atom stereocenters. The van der Waals surface area contributed by atoms with E-state index in [-0.39, 0.29) is 31.1 Å². The van der Waals surface area contributed by atoms with E-state index in [2.05, 4.69) is 32.9 Å². The average Bonchev–Trinajstić information content (AvgIpc) is 3.29. The Morgan fingerprint density at radius 3 is 0.797 bits per heavy atom. The summed E-state index contributed by atoms with van der Waals surface area (Å²) in [6, 6.07) is 0. The minimum Gasteiger partial charge on any atom is -0.462 e. The van der Waals surface area contributed by atoms with Gasteiger partial charge in [0.15, 0.2) is 6.10 Å². The lowest BCUT2D eigenvalue weighted by atomic mass is 10.0. The first kappa shape index (κ1) is 62.1. The number of rotatable bonds is 53. The van der Waals surface area contributed by atoms with Gasteiger partial charge in [-0.05, 0) is 44.9 Å². The molecule has 64 heavy (non-hydrogen) atoms. The third kappa shape index (κ3) is 51.1. The standard InChI is InChI=1S/C58H110O6/c1-4-7-10-13-16-19-22-25-27-28-29-30-32-33-36-39-42-45-48-51-57(60)63-54-55(53-62-56(59)50-47-44-41-38-35-24-21-18-15-12-9-6-3)64-58(61)52-49-46-43-40-37-34-31-26-23-20-17-14-11-8-5-2/h20,23,55H,4-19,21-22,24-54H2,1-3H3/b23-20-. The van der Waals surface area contributed by atoms with Crippen molar-refractivity contribution in [3.05, 3.63) is 12.2 Å². The van der Waals surface area contributed by atoms with Crippen LogP contribution in [0.25, 0.3) is 0 Å². The van der Waals surface area contributed by atoms with E-state index in [1.165, 1.54) is 225 Å². The van der Waals surface area contributed by atoms with Crippen molar-refractivity contribution in [3.8, 4) is 0 Å². The molecule has 0 aromatic rings. The maximum Gasteiger partial charge on any atom is 0.306 e. The smallest absolute Gasteiger partial charge is 0.306 e. The summed E-state index contributed by atoms with van der Waals surface area (Å²) in [7, 11) is 0. The molecule has 0 aromatic carbocycles. The Morgan fingerprint density at radius 1 is 0.297 bits per heavy atom. The lowest BCUT2D eigenvalue weighted by Gasteiger charge is -2.18. The van der Waals surface area contributed by atoms with Gasteiger partial charge in [-0.15, -0.1) is 0 Å². The van der Waals surface area contributed by atoms with Crippen molar-refractivity contribution in [2.24, 2.45) is 0 Å². The van der Waals surface area contributed by atoms with E-state index in [0.29, 0.717) is 19.3 Å². The Labute approximate surface area is 399 Å². The summed E-state index contributed by atoms with van der Waals surface area (Å²) in [4.78, 5) is 38.1. The van der Waals surface area contributed by atoms with Crippen LogP contribution in [0.5, 0.6) is 0 Å². The Kier molecular flexibility index (Phi) is 52.2. The fourth-order valence-corrected chi connectivity index (χ4v) is 8.68. The molecule has 0 spiro atoms. The fourth-order valence-electron chi connectivity index (χ4n) is 8.68. The SMILES string of the molecule is CCCCCC/C=C\CCCCCCCCCC(=O)OC(COC(=O)CCCCCCCCCCCCCC)COC(=O)CCCCCCCCCCCCCCCCCCCCC. The number of unbranched alkanes of at least 4 members (excludes halogenated alkanes) is 40. The maximum absolute atomic E-state index is 12.8. The average molecular weight is 904 g/mol. The van der Waals surface area contributed by atoms with Crippen molar-refractivity contribution in [2.45, 2.75) is 329 Å². The van der Waals surface area contributed by atoms with E-state index in [9.17, 15) is 14.4 Å². The third-order valence-corrected chi connectivity index (χ3v) is 13.0. The molecule has 0 amide bonds. The molecule has 0 saturated heterocycles. The van der Waals surface area contributed by atoms with Gasteiger partial charge in [-0.1, -0.05) is 270 Å². The molecule has 0 fully saturated rings. The molecular weight excluding hydrogens is 793 g/mol. The molecule has 0 heterocycles. The molecule has 1 atom stereocenters. The van der Waals surface area contributed by atoms with Crippen molar-refractivity contribution in [1.29, 1.82) is 0 Å².